The van der Waals surface area contributed by atoms with Crippen molar-refractivity contribution >= 4 is 23.4 Å². The maximum atomic E-state index is 12.3. The molecule has 1 heterocycles. The van der Waals surface area contributed by atoms with E-state index in [1.54, 1.807) is 7.11 Å². The average molecular weight is 389 g/mol. The van der Waals surface area contributed by atoms with E-state index in [0.29, 0.717) is 22.4 Å². The summed E-state index contributed by atoms with van der Waals surface area (Å²) < 4.78 is 5.11. The fourth-order valence-corrected chi connectivity index (χ4v) is 3.31. The number of nitrogens with one attached hydrogen (secondary N) is 1. The van der Waals surface area contributed by atoms with Crippen LogP contribution in [-0.4, -0.2) is 22.2 Å². The van der Waals surface area contributed by atoms with Gasteiger partial charge in [0.25, 0.3) is 5.56 Å². The highest BCUT2D eigenvalue weighted by molar-refractivity contribution is 7.98. The molecule has 0 aliphatic rings. The van der Waals surface area contributed by atoms with E-state index < -0.39 is 0 Å². The second-order valence-electron chi connectivity index (χ2n) is 5.61. The molecule has 3 aromatic rings. The van der Waals surface area contributed by atoms with Gasteiger partial charge in [0, 0.05) is 17.2 Å². The van der Waals surface area contributed by atoms with Gasteiger partial charge in [-0.05, 0) is 35.4 Å². The topological polar surface area (TPSA) is 75.2 Å². The normalized spacial score (nSPS) is 10.7. The number of halogens is 1. The van der Waals surface area contributed by atoms with Crippen LogP contribution >= 0.6 is 23.4 Å². The van der Waals surface area contributed by atoms with Gasteiger partial charge in [0.1, 0.15) is 5.75 Å². The van der Waals surface area contributed by atoms with Crippen LogP contribution in [0.5, 0.6) is 11.6 Å². The molecule has 0 fully saturated rings. The monoisotopic (exact) mass is 388 g/mol. The molecule has 134 valence electrons. The van der Waals surface area contributed by atoms with Gasteiger partial charge in [-0.1, -0.05) is 47.6 Å². The lowest BCUT2D eigenvalue weighted by Gasteiger charge is -2.07. The van der Waals surface area contributed by atoms with Gasteiger partial charge in [-0.25, -0.2) is 0 Å². The number of nitrogens with zero attached hydrogens (tertiary/aromatic N) is 1. The lowest BCUT2D eigenvalue weighted by Crippen LogP contribution is -2.15. The number of benzene rings is 2. The molecule has 2 N–H and O–H groups in total. The predicted octanol–water partition coefficient (Wildman–Crippen LogP) is 4.02. The molecule has 0 saturated carbocycles. The number of methoxy groups -OCH3 is 1. The lowest BCUT2D eigenvalue weighted by molar-refractivity contribution is 0.414. The van der Waals surface area contributed by atoms with Crippen LogP contribution in [0.1, 0.15) is 16.7 Å². The molecule has 1 aromatic heterocycles. The fourth-order valence-electron chi connectivity index (χ4n) is 2.37. The van der Waals surface area contributed by atoms with Gasteiger partial charge < -0.3 is 14.8 Å². The first-order chi connectivity index (χ1) is 12.5. The largest absolute Gasteiger partial charge is 0.497 e. The first-order valence-corrected chi connectivity index (χ1v) is 9.24. The number of aromatic nitrogens is 2. The van der Waals surface area contributed by atoms with E-state index in [4.69, 9.17) is 16.3 Å². The Kier molecular flexibility index (Phi) is 5.85. The number of rotatable bonds is 6. The van der Waals surface area contributed by atoms with Gasteiger partial charge in [0.05, 0.1) is 12.7 Å². The standard InChI is InChI=1S/C19H17ClN2O3S/c1-25-15-8-4-12(5-9-15)10-16-17(23)21-19(22-18(16)24)26-11-13-2-6-14(20)7-3-13/h2-9H,10-11H2,1H3,(H2,21,22,23,24). The van der Waals surface area contributed by atoms with Gasteiger partial charge in [-0.15, -0.1) is 0 Å². The minimum Gasteiger partial charge on any atom is -0.497 e. The zero-order valence-corrected chi connectivity index (χ0v) is 15.6. The molecule has 0 amide bonds. The number of hydrogen-bond donors (Lipinski definition) is 2. The van der Waals surface area contributed by atoms with Crippen molar-refractivity contribution in [1.82, 2.24) is 9.97 Å². The van der Waals surface area contributed by atoms with E-state index in [1.807, 2.05) is 48.5 Å². The zero-order valence-electron chi connectivity index (χ0n) is 14.0. The number of ether oxygens (including phenoxy) is 1. The summed E-state index contributed by atoms with van der Waals surface area (Å²) in [6.45, 7) is 0. The van der Waals surface area contributed by atoms with Crippen LogP contribution < -0.4 is 10.3 Å². The van der Waals surface area contributed by atoms with Crippen LogP contribution in [0.2, 0.25) is 5.02 Å². The molecule has 0 unspecified atom stereocenters. The van der Waals surface area contributed by atoms with Gasteiger partial charge >= 0.3 is 0 Å². The van der Waals surface area contributed by atoms with Crippen molar-refractivity contribution in [3.63, 3.8) is 0 Å². The van der Waals surface area contributed by atoms with Crippen molar-refractivity contribution in [1.29, 1.82) is 0 Å². The molecular formula is C19H17ClN2O3S. The van der Waals surface area contributed by atoms with Crippen molar-refractivity contribution in [2.45, 2.75) is 17.3 Å². The van der Waals surface area contributed by atoms with Crippen molar-refractivity contribution in [3.05, 3.63) is 80.6 Å². The molecule has 0 radical (unpaired) electrons. The third kappa shape index (κ3) is 4.59. The van der Waals surface area contributed by atoms with Crippen LogP contribution in [0, 0.1) is 0 Å². The van der Waals surface area contributed by atoms with Gasteiger partial charge in [-0.2, -0.15) is 4.98 Å². The Morgan fingerprint density at radius 1 is 1.12 bits per heavy atom. The summed E-state index contributed by atoms with van der Waals surface area (Å²) in [7, 11) is 1.59. The molecule has 2 aromatic carbocycles. The molecule has 0 bridgehead atoms. The first kappa shape index (κ1) is 18.4. The summed E-state index contributed by atoms with van der Waals surface area (Å²) in [5, 5.41) is 11.2. The third-order valence-electron chi connectivity index (χ3n) is 3.80. The summed E-state index contributed by atoms with van der Waals surface area (Å²) in [5.74, 6) is 1.10. The Bertz CT molecular complexity index is 940. The SMILES string of the molecule is COc1ccc(Cc2c(O)nc(SCc3ccc(Cl)cc3)[nH]c2=O)cc1. The molecule has 0 spiro atoms. The highest BCUT2D eigenvalue weighted by atomic mass is 35.5. The van der Waals surface area contributed by atoms with Crippen molar-refractivity contribution in [2.75, 3.05) is 7.11 Å². The Morgan fingerprint density at radius 2 is 1.77 bits per heavy atom. The Morgan fingerprint density at radius 3 is 2.38 bits per heavy atom. The minimum atomic E-state index is -0.341. The summed E-state index contributed by atoms with van der Waals surface area (Å²) in [5.41, 5.74) is 1.83. The van der Waals surface area contributed by atoms with E-state index >= 15 is 0 Å². The molecule has 0 saturated heterocycles. The number of H-pyrrole nitrogens is 1. The summed E-state index contributed by atoms with van der Waals surface area (Å²) in [6, 6.07) is 14.7. The van der Waals surface area contributed by atoms with Crippen molar-refractivity contribution in [3.8, 4) is 11.6 Å². The number of aromatic hydroxyl groups is 1. The fraction of sp³-hybridized carbons (Fsp3) is 0.158. The third-order valence-corrected chi connectivity index (χ3v) is 5.00. The smallest absolute Gasteiger partial charge is 0.258 e. The van der Waals surface area contributed by atoms with E-state index in [1.165, 1.54) is 11.8 Å². The predicted molar refractivity (Wildman–Crippen MR) is 103 cm³/mol. The van der Waals surface area contributed by atoms with Crippen molar-refractivity contribution < 1.29 is 9.84 Å². The van der Waals surface area contributed by atoms with Gasteiger partial charge in [-0.3, -0.25) is 4.79 Å². The average Bonchev–Trinajstić information content (AvgIpc) is 2.65. The summed E-state index contributed by atoms with van der Waals surface area (Å²) >= 11 is 7.21. The number of aromatic amines is 1. The van der Waals surface area contributed by atoms with Crippen LogP contribution in [0.3, 0.4) is 0 Å². The van der Waals surface area contributed by atoms with Crippen LogP contribution in [0.25, 0.3) is 0 Å². The summed E-state index contributed by atoms with van der Waals surface area (Å²) in [6.07, 6.45) is 0.292. The molecule has 0 aliphatic carbocycles. The maximum absolute atomic E-state index is 12.3. The molecule has 26 heavy (non-hydrogen) atoms. The van der Waals surface area contributed by atoms with E-state index in [2.05, 4.69) is 9.97 Å². The van der Waals surface area contributed by atoms with Crippen LogP contribution in [-0.2, 0) is 12.2 Å². The quantitative estimate of drug-likeness (QED) is 0.492. The zero-order chi connectivity index (χ0) is 18.5. The second-order valence-corrected chi connectivity index (χ2v) is 7.01. The van der Waals surface area contributed by atoms with Gasteiger partial charge in [0.15, 0.2) is 5.16 Å². The van der Waals surface area contributed by atoms with Gasteiger partial charge in [0.2, 0.25) is 5.88 Å². The second kappa shape index (κ2) is 8.29. The number of hydrogen-bond acceptors (Lipinski definition) is 5. The summed E-state index contributed by atoms with van der Waals surface area (Å²) in [4.78, 5) is 19.2. The highest BCUT2D eigenvalue weighted by Crippen LogP contribution is 2.23. The molecule has 0 aliphatic heterocycles. The van der Waals surface area contributed by atoms with E-state index in [-0.39, 0.29) is 17.0 Å². The Labute approximate surface area is 160 Å². The molecule has 3 rings (SSSR count). The Hall–Kier alpha value is -2.44. The van der Waals surface area contributed by atoms with E-state index in [9.17, 15) is 9.90 Å². The molecular weight excluding hydrogens is 372 g/mol. The highest BCUT2D eigenvalue weighted by Gasteiger charge is 2.12. The Balaban J connectivity index is 1.72. The number of thioether (sulfide) groups is 1. The van der Waals surface area contributed by atoms with E-state index in [0.717, 1.165) is 16.9 Å². The van der Waals surface area contributed by atoms with Crippen LogP contribution in [0.15, 0.2) is 58.5 Å². The maximum Gasteiger partial charge on any atom is 0.258 e. The molecule has 7 heteroatoms. The van der Waals surface area contributed by atoms with Crippen molar-refractivity contribution in [2.24, 2.45) is 0 Å². The lowest BCUT2D eigenvalue weighted by atomic mass is 10.1. The first-order valence-electron chi connectivity index (χ1n) is 7.87. The van der Waals surface area contributed by atoms with Crippen LogP contribution in [0.4, 0.5) is 0 Å². The molecule has 5 nitrogen and oxygen atoms in total. The minimum absolute atomic E-state index is 0.242. The molecule has 0 atom stereocenters.